The van der Waals surface area contributed by atoms with Crippen molar-refractivity contribution in [2.45, 2.75) is 0 Å². The third-order valence-corrected chi connectivity index (χ3v) is 4.45. The van der Waals surface area contributed by atoms with E-state index in [9.17, 15) is 0 Å². The van der Waals surface area contributed by atoms with Crippen molar-refractivity contribution < 1.29 is 0 Å². The molecule has 0 saturated heterocycles. The van der Waals surface area contributed by atoms with Crippen molar-refractivity contribution in [2.24, 2.45) is 0 Å². The average Bonchev–Trinajstić information content (AvgIpc) is 2.52. The fourth-order valence-electron chi connectivity index (χ4n) is 2.28. The van der Waals surface area contributed by atoms with E-state index in [1.165, 1.54) is 0 Å². The number of hydrogen-bond acceptors (Lipinski definition) is 2. The van der Waals surface area contributed by atoms with Crippen molar-refractivity contribution in [3.05, 3.63) is 68.6 Å². The molecule has 0 saturated carbocycles. The molecule has 0 spiro atoms. The summed E-state index contributed by atoms with van der Waals surface area (Å²) in [7, 11) is 0. The molecule has 0 bridgehead atoms. The lowest BCUT2D eigenvalue weighted by Gasteiger charge is -2.13. The first-order chi connectivity index (χ1) is 11.0. The molecule has 6 heteroatoms. The number of nitrogens with two attached hydrogens (primary N) is 1. The number of nitrogens with zero attached hydrogens (tertiary/aromatic N) is 1. The predicted molar refractivity (Wildman–Crippen MR) is 99.6 cm³/mol. The van der Waals surface area contributed by atoms with Crippen LogP contribution in [0.15, 0.2) is 48.5 Å². The molecule has 0 amide bonds. The summed E-state index contributed by atoms with van der Waals surface area (Å²) in [6.07, 6.45) is 0. The second-order valence-electron chi connectivity index (χ2n) is 4.88. The Morgan fingerprint density at radius 2 is 1.22 bits per heavy atom. The van der Waals surface area contributed by atoms with E-state index < -0.39 is 0 Å². The van der Waals surface area contributed by atoms with Crippen molar-refractivity contribution in [3.8, 4) is 22.4 Å². The highest BCUT2D eigenvalue weighted by atomic mass is 35.5. The SMILES string of the molecule is Nc1ccc(-c2cc(Cl)ccc2Cl)c(-c2cc(Cl)ccc2Cl)n1. The highest BCUT2D eigenvalue weighted by molar-refractivity contribution is 6.36. The van der Waals surface area contributed by atoms with Gasteiger partial charge in [-0.2, -0.15) is 0 Å². The highest BCUT2D eigenvalue weighted by Crippen LogP contribution is 2.39. The molecular formula is C17H10Cl4N2. The molecule has 2 aromatic carbocycles. The smallest absolute Gasteiger partial charge is 0.124 e. The number of pyridine rings is 1. The van der Waals surface area contributed by atoms with Crippen molar-refractivity contribution in [1.82, 2.24) is 4.98 Å². The first-order valence-electron chi connectivity index (χ1n) is 6.63. The van der Waals surface area contributed by atoms with Crippen LogP contribution in [0.25, 0.3) is 22.4 Å². The van der Waals surface area contributed by atoms with E-state index in [0.717, 1.165) is 11.1 Å². The Kier molecular flexibility index (Phi) is 4.69. The second kappa shape index (κ2) is 6.58. The molecule has 0 aliphatic heterocycles. The molecule has 23 heavy (non-hydrogen) atoms. The lowest BCUT2D eigenvalue weighted by Crippen LogP contribution is -1.96. The van der Waals surface area contributed by atoms with Crippen molar-refractivity contribution >= 4 is 52.2 Å². The summed E-state index contributed by atoms with van der Waals surface area (Å²) in [6, 6.07) is 14.0. The van der Waals surface area contributed by atoms with Crippen molar-refractivity contribution in [1.29, 1.82) is 0 Å². The molecule has 1 heterocycles. The minimum absolute atomic E-state index is 0.373. The number of hydrogen-bond donors (Lipinski definition) is 1. The Morgan fingerprint density at radius 3 is 1.87 bits per heavy atom. The molecule has 0 fully saturated rings. The van der Waals surface area contributed by atoms with Gasteiger partial charge in [-0.15, -0.1) is 0 Å². The number of nitrogen functional groups attached to an aromatic ring is 1. The first-order valence-corrected chi connectivity index (χ1v) is 8.14. The lowest BCUT2D eigenvalue weighted by atomic mass is 9.99. The summed E-state index contributed by atoms with van der Waals surface area (Å²) >= 11 is 24.8. The normalized spacial score (nSPS) is 10.8. The van der Waals surface area contributed by atoms with Gasteiger partial charge in [-0.05, 0) is 48.5 Å². The topological polar surface area (TPSA) is 38.9 Å². The van der Waals surface area contributed by atoms with E-state index in [1.54, 1.807) is 42.5 Å². The summed E-state index contributed by atoms with van der Waals surface area (Å²) in [5.41, 5.74) is 8.65. The fourth-order valence-corrected chi connectivity index (χ4v) is 3.05. The summed E-state index contributed by atoms with van der Waals surface area (Å²) in [5, 5.41) is 2.20. The van der Waals surface area contributed by atoms with Gasteiger partial charge in [-0.1, -0.05) is 46.4 Å². The maximum atomic E-state index is 6.32. The second-order valence-corrected chi connectivity index (χ2v) is 6.57. The van der Waals surface area contributed by atoms with E-state index in [-0.39, 0.29) is 0 Å². The maximum absolute atomic E-state index is 6.32. The summed E-state index contributed by atoms with van der Waals surface area (Å²) < 4.78 is 0. The zero-order valence-electron chi connectivity index (χ0n) is 11.7. The van der Waals surface area contributed by atoms with Crippen LogP contribution in [0.3, 0.4) is 0 Å². The highest BCUT2D eigenvalue weighted by Gasteiger charge is 2.16. The van der Waals surface area contributed by atoms with Gasteiger partial charge >= 0.3 is 0 Å². The predicted octanol–water partition coefficient (Wildman–Crippen LogP) is 6.61. The number of anilines is 1. The molecule has 2 N–H and O–H groups in total. The molecule has 0 unspecified atom stereocenters. The van der Waals surface area contributed by atoms with Crippen LogP contribution in [0.5, 0.6) is 0 Å². The van der Waals surface area contributed by atoms with Crippen LogP contribution in [0.4, 0.5) is 5.82 Å². The van der Waals surface area contributed by atoms with Gasteiger partial charge in [0.05, 0.1) is 10.7 Å². The van der Waals surface area contributed by atoms with E-state index in [0.29, 0.717) is 37.2 Å². The summed E-state index contributed by atoms with van der Waals surface area (Å²) in [5.74, 6) is 0.373. The monoisotopic (exact) mass is 382 g/mol. The van der Waals surface area contributed by atoms with E-state index in [4.69, 9.17) is 52.1 Å². The van der Waals surface area contributed by atoms with E-state index in [2.05, 4.69) is 4.98 Å². The Labute approximate surface area is 153 Å². The average molecular weight is 384 g/mol. The maximum Gasteiger partial charge on any atom is 0.124 e. The molecule has 0 aliphatic carbocycles. The van der Waals surface area contributed by atoms with Crippen molar-refractivity contribution in [2.75, 3.05) is 5.73 Å². The quantitative estimate of drug-likeness (QED) is 0.540. The van der Waals surface area contributed by atoms with Crippen LogP contribution >= 0.6 is 46.4 Å². The minimum atomic E-state index is 0.373. The lowest BCUT2D eigenvalue weighted by molar-refractivity contribution is 1.33. The summed E-state index contributed by atoms with van der Waals surface area (Å²) in [6.45, 7) is 0. The van der Waals surface area contributed by atoms with Gasteiger partial charge in [0, 0.05) is 31.8 Å². The standard InChI is InChI=1S/C17H10Cl4N2/c18-9-1-4-14(20)12(7-9)11-3-6-16(22)23-17(11)13-8-10(19)2-5-15(13)21/h1-8H,(H2,22,23). The molecule has 0 radical (unpaired) electrons. The van der Waals surface area contributed by atoms with E-state index in [1.807, 2.05) is 6.07 Å². The Bertz CT molecular complexity index is 894. The number of halogens is 4. The molecule has 0 aliphatic rings. The van der Waals surface area contributed by atoms with Crippen LogP contribution in [0, 0.1) is 0 Å². The number of benzene rings is 2. The van der Waals surface area contributed by atoms with Crippen LogP contribution in [0.1, 0.15) is 0 Å². The van der Waals surface area contributed by atoms with Crippen LogP contribution < -0.4 is 5.73 Å². The number of aromatic nitrogens is 1. The number of rotatable bonds is 2. The Hall–Kier alpha value is -1.45. The molecule has 116 valence electrons. The Morgan fingerprint density at radius 1 is 0.652 bits per heavy atom. The van der Waals surface area contributed by atoms with Crippen LogP contribution in [-0.2, 0) is 0 Å². The van der Waals surface area contributed by atoms with E-state index >= 15 is 0 Å². The largest absolute Gasteiger partial charge is 0.384 e. The summed E-state index contributed by atoms with van der Waals surface area (Å²) in [4.78, 5) is 4.43. The zero-order valence-corrected chi connectivity index (χ0v) is 14.7. The minimum Gasteiger partial charge on any atom is -0.384 e. The third-order valence-electron chi connectivity index (χ3n) is 3.32. The van der Waals surface area contributed by atoms with Crippen LogP contribution in [-0.4, -0.2) is 4.98 Å². The van der Waals surface area contributed by atoms with Gasteiger partial charge in [0.2, 0.25) is 0 Å². The third kappa shape index (κ3) is 3.41. The first kappa shape index (κ1) is 16.4. The molecule has 0 atom stereocenters. The Balaban J connectivity index is 2.31. The fraction of sp³-hybridized carbons (Fsp3) is 0. The van der Waals surface area contributed by atoms with Crippen molar-refractivity contribution in [3.63, 3.8) is 0 Å². The van der Waals surface area contributed by atoms with Gasteiger partial charge in [0.15, 0.2) is 0 Å². The van der Waals surface area contributed by atoms with Gasteiger partial charge in [0.1, 0.15) is 5.82 Å². The molecular weight excluding hydrogens is 374 g/mol. The van der Waals surface area contributed by atoms with Crippen LogP contribution in [0.2, 0.25) is 20.1 Å². The molecule has 3 rings (SSSR count). The molecule has 2 nitrogen and oxygen atoms in total. The molecule has 3 aromatic rings. The van der Waals surface area contributed by atoms with Gasteiger partial charge < -0.3 is 5.73 Å². The van der Waals surface area contributed by atoms with Gasteiger partial charge in [-0.3, -0.25) is 0 Å². The van der Waals surface area contributed by atoms with Gasteiger partial charge in [0.25, 0.3) is 0 Å². The van der Waals surface area contributed by atoms with Gasteiger partial charge in [-0.25, -0.2) is 4.98 Å². The molecule has 1 aromatic heterocycles. The zero-order chi connectivity index (χ0) is 16.6.